The van der Waals surface area contributed by atoms with Crippen LogP contribution in [-0.4, -0.2) is 44.3 Å². The van der Waals surface area contributed by atoms with Gasteiger partial charge in [0, 0.05) is 25.6 Å². The molecule has 1 amide bonds. The van der Waals surface area contributed by atoms with E-state index in [1.54, 1.807) is 12.1 Å². The number of piperidine rings is 1. The van der Waals surface area contributed by atoms with Crippen molar-refractivity contribution in [3.05, 3.63) is 47.5 Å². The molecule has 1 aliphatic rings. The number of rotatable bonds is 4. The third kappa shape index (κ3) is 4.28. The SMILES string of the molecule is O=C(NCc1cccc(C(F)(F)F)c1)C1CCN(c2ccc3nnnn3n2)CC1. The second-order valence-electron chi connectivity index (χ2n) is 6.90. The Labute approximate surface area is 163 Å². The van der Waals surface area contributed by atoms with E-state index in [2.05, 4.69) is 30.8 Å². The average molecular weight is 405 g/mol. The topological polar surface area (TPSA) is 88.3 Å². The smallest absolute Gasteiger partial charge is 0.355 e. The number of hydrogen-bond acceptors (Lipinski definition) is 6. The summed E-state index contributed by atoms with van der Waals surface area (Å²) in [6, 6.07) is 8.59. The lowest BCUT2D eigenvalue weighted by Crippen LogP contribution is -2.40. The molecule has 2 aromatic heterocycles. The van der Waals surface area contributed by atoms with Crippen LogP contribution in [0.4, 0.5) is 19.0 Å². The minimum atomic E-state index is -4.40. The Balaban J connectivity index is 1.31. The van der Waals surface area contributed by atoms with Crippen LogP contribution in [0.25, 0.3) is 5.65 Å². The van der Waals surface area contributed by atoms with E-state index in [1.807, 2.05) is 6.07 Å². The van der Waals surface area contributed by atoms with Gasteiger partial charge in [-0.05, 0) is 53.1 Å². The molecule has 0 bridgehead atoms. The van der Waals surface area contributed by atoms with Crippen molar-refractivity contribution in [2.75, 3.05) is 18.0 Å². The molecule has 0 aliphatic carbocycles. The van der Waals surface area contributed by atoms with Crippen LogP contribution >= 0.6 is 0 Å². The first-order valence-electron chi connectivity index (χ1n) is 9.14. The molecule has 1 N–H and O–H groups in total. The van der Waals surface area contributed by atoms with Crippen molar-refractivity contribution >= 4 is 17.4 Å². The van der Waals surface area contributed by atoms with Crippen LogP contribution in [0.15, 0.2) is 36.4 Å². The van der Waals surface area contributed by atoms with Gasteiger partial charge in [-0.15, -0.1) is 14.8 Å². The first kappa shape index (κ1) is 19.1. The second kappa shape index (κ2) is 7.64. The summed E-state index contributed by atoms with van der Waals surface area (Å²) in [5.74, 6) is 0.396. The number of halogens is 3. The number of fused-ring (bicyclic) bond motifs is 1. The van der Waals surface area contributed by atoms with Gasteiger partial charge in [-0.1, -0.05) is 12.1 Å². The van der Waals surface area contributed by atoms with Crippen molar-refractivity contribution in [1.82, 2.24) is 30.6 Å². The first-order chi connectivity index (χ1) is 13.9. The van der Waals surface area contributed by atoms with Gasteiger partial charge in [0.2, 0.25) is 5.91 Å². The van der Waals surface area contributed by atoms with Gasteiger partial charge in [0.05, 0.1) is 5.56 Å². The molecule has 11 heteroatoms. The normalized spacial score (nSPS) is 15.6. The second-order valence-corrected chi connectivity index (χ2v) is 6.90. The summed E-state index contributed by atoms with van der Waals surface area (Å²) in [4.78, 5) is 14.5. The van der Waals surface area contributed by atoms with Gasteiger partial charge in [-0.2, -0.15) is 13.2 Å². The number of hydrogen-bond donors (Lipinski definition) is 1. The molecule has 1 aliphatic heterocycles. The average Bonchev–Trinajstić information content (AvgIpc) is 3.19. The minimum absolute atomic E-state index is 0.0699. The molecule has 0 spiro atoms. The lowest BCUT2D eigenvalue weighted by atomic mass is 9.96. The van der Waals surface area contributed by atoms with E-state index in [1.165, 1.54) is 10.7 Å². The molecular formula is C18H18F3N7O. The van der Waals surface area contributed by atoms with Crippen LogP contribution in [0.3, 0.4) is 0 Å². The highest BCUT2D eigenvalue weighted by atomic mass is 19.4. The van der Waals surface area contributed by atoms with Gasteiger partial charge < -0.3 is 10.2 Å². The molecule has 1 aromatic carbocycles. The molecule has 8 nitrogen and oxygen atoms in total. The van der Waals surface area contributed by atoms with E-state index in [9.17, 15) is 18.0 Å². The Kier molecular flexibility index (Phi) is 5.03. The molecule has 1 fully saturated rings. The van der Waals surface area contributed by atoms with Gasteiger partial charge in [-0.3, -0.25) is 4.79 Å². The van der Waals surface area contributed by atoms with E-state index < -0.39 is 11.7 Å². The molecule has 0 radical (unpaired) electrons. The maximum absolute atomic E-state index is 12.8. The Morgan fingerprint density at radius 2 is 1.97 bits per heavy atom. The standard InChI is InChI=1S/C18H18F3N7O/c19-18(20,21)14-3-1-2-12(10-14)11-22-17(29)13-6-8-27(9-7-13)16-5-4-15-23-25-26-28(15)24-16/h1-5,10,13H,6-9,11H2,(H,22,29). The maximum atomic E-state index is 12.8. The Bertz CT molecular complexity index is 1010. The number of carbonyl (C=O) groups excluding carboxylic acids is 1. The lowest BCUT2D eigenvalue weighted by molar-refractivity contribution is -0.137. The van der Waals surface area contributed by atoms with Gasteiger partial charge in [-0.25, -0.2) is 0 Å². The number of benzene rings is 1. The van der Waals surface area contributed by atoms with E-state index >= 15 is 0 Å². The van der Waals surface area contributed by atoms with Gasteiger partial charge >= 0.3 is 6.18 Å². The summed E-state index contributed by atoms with van der Waals surface area (Å²) in [5.41, 5.74) is 0.256. The maximum Gasteiger partial charge on any atom is 0.416 e. The Morgan fingerprint density at radius 3 is 2.72 bits per heavy atom. The zero-order chi connectivity index (χ0) is 20.4. The molecule has 152 valence electrons. The molecule has 0 atom stereocenters. The van der Waals surface area contributed by atoms with E-state index in [-0.39, 0.29) is 18.4 Å². The molecule has 4 rings (SSSR count). The number of aromatic nitrogens is 5. The number of anilines is 1. The van der Waals surface area contributed by atoms with Crippen LogP contribution in [0, 0.1) is 5.92 Å². The van der Waals surface area contributed by atoms with Gasteiger partial charge in [0.15, 0.2) is 11.5 Å². The van der Waals surface area contributed by atoms with Crippen molar-refractivity contribution in [3.63, 3.8) is 0 Å². The quantitative estimate of drug-likeness (QED) is 0.715. The summed E-state index contributed by atoms with van der Waals surface area (Å²) < 4.78 is 39.7. The number of carbonyl (C=O) groups is 1. The summed E-state index contributed by atoms with van der Waals surface area (Å²) in [7, 11) is 0. The summed E-state index contributed by atoms with van der Waals surface area (Å²) >= 11 is 0. The highest BCUT2D eigenvalue weighted by molar-refractivity contribution is 5.79. The fraction of sp³-hybridized carbons (Fsp3) is 0.389. The molecule has 1 saturated heterocycles. The van der Waals surface area contributed by atoms with Crippen LogP contribution in [0.5, 0.6) is 0 Å². The lowest BCUT2D eigenvalue weighted by Gasteiger charge is -2.31. The molecule has 3 heterocycles. The zero-order valence-electron chi connectivity index (χ0n) is 15.3. The molecule has 3 aromatic rings. The van der Waals surface area contributed by atoms with Gasteiger partial charge in [0.25, 0.3) is 0 Å². The fourth-order valence-electron chi connectivity index (χ4n) is 3.37. The van der Waals surface area contributed by atoms with E-state index in [0.29, 0.717) is 37.1 Å². The minimum Gasteiger partial charge on any atom is -0.355 e. The van der Waals surface area contributed by atoms with Crippen LogP contribution < -0.4 is 10.2 Å². The zero-order valence-corrected chi connectivity index (χ0v) is 15.3. The summed E-state index contributed by atoms with van der Waals surface area (Å²) in [6.45, 7) is 1.35. The van der Waals surface area contributed by atoms with Crippen molar-refractivity contribution in [1.29, 1.82) is 0 Å². The summed E-state index contributed by atoms with van der Waals surface area (Å²) in [6.07, 6.45) is -3.14. The number of nitrogens with one attached hydrogen (secondary N) is 1. The van der Waals surface area contributed by atoms with Crippen LogP contribution in [0.1, 0.15) is 24.0 Å². The number of alkyl halides is 3. The van der Waals surface area contributed by atoms with Crippen molar-refractivity contribution in [3.8, 4) is 0 Å². The predicted molar refractivity (Wildman–Crippen MR) is 96.8 cm³/mol. The molecular weight excluding hydrogens is 387 g/mol. The third-order valence-electron chi connectivity index (χ3n) is 4.97. The number of amides is 1. The van der Waals surface area contributed by atoms with Crippen molar-refractivity contribution in [2.45, 2.75) is 25.6 Å². The van der Waals surface area contributed by atoms with E-state index in [0.717, 1.165) is 18.0 Å². The number of nitrogens with zero attached hydrogens (tertiary/aromatic N) is 6. The monoisotopic (exact) mass is 405 g/mol. The van der Waals surface area contributed by atoms with Crippen molar-refractivity contribution < 1.29 is 18.0 Å². The first-order valence-corrected chi connectivity index (χ1v) is 9.14. The Hall–Kier alpha value is -3.24. The largest absolute Gasteiger partial charge is 0.416 e. The molecule has 0 saturated carbocycles. The third-order valence-corrected chi connectivity index (χ3v) is 4.97. The van der Waals surface area contributed by atoms with Crippen LogP contribution in [0.2, 0.25) is 0 Å². The van der Waals surface area contributed by atoms with Crippen LogP contribution in [-0.2, 0) is 17.5 Å². The number of tetrazole rings is 1. The van der Waals surface area contributed by atoms with Gasteiger partial charge in [0.1, 0.15) is 0 Å². The fourth-order valence-corrected chi connectivity index (χ4v) is 3.37. The highest BCUT2D eigenvalue weighted by Gasteiger charge is 2.30. The molecule has 0 unspecified atom stereocenters. The Morgan fingerprint density at radius 1 is 1.17 bits per heavy atom. The molecule has 29 heavy (non-hydrogen) atoms. The highest BCUT2D eigenvalue weighted by Crippen LogP contribution is 2.29. The van der Waals surface area contributed by atoms with Crippen molar-refractivity contribution in [2.24, 2.45) is 5.92 Å². The predicted octanol–water partition coefficient (Wildman–Crippen LogP) is 2.07. The summed E-state index contributed by atoms with van der Waals surface area (Å²) in [5, 5.41) is 18.2. The van der Waals surface area contributed by atoms with E-state index in [4.69, 9.17) is 0 Å².